The Kier molecular flexibility index (Phi) is 8.92. The van der Waals surface area contributed by atoms with Crippen LogP contribution in [-0.2, 0) is 0 Å². The second-order valence-electron chi connectivity index (χ2n) is 12.6. The van der Waals surface area contributed by atoms with E-state index >= 15 is 0 Å². The quantitative estimate of drug-likeness (QED) is 0.281. The van der Waals surface area contributed by atoms with Gasteiger partial charge in [0.15, 0.2) is 0 Å². The van der Waals surface area contributed by atoms with Gasteiger partial charge in [-0.05, 0) is 46.6 Å². The van der Waals surface area contributed by atoms with Crippen molar-refractivity contribution in [2.75, 3.05) is 0 Å². The average molecular weight is 482 g/mol. The molecule has 0 heterocycles. The zero-order chi connectivity index (χ0) is 26.9. The van der Waals surface area contributed by atoms with Gasteiger partial charge >= 0.3 is 0 Å². The number of hydrogen-bond donors (Lipinski definition) is 0. The summed E-state index contributed by atoms with van der Waals surface area (Å²) in [6.07, 6.45) is 0. The third-order valence-corrected chi connectivity index (χ3v) is 7.60. The van der Waals surface area contributed by atoms with Gasteiger partial charge in [0.2, 0.25) is 0 Å². The smallest absolute Gasteiger partial charge is 0.0219 e. The minimum atomic E-state index is 0.455. The SMILES string of the molecule is CC(C)c1cc(C(C)C)c(-c2[c-]c(-c3c(C(C)C)cc(C(C)C)cc3C(C)C)ccc2)c(C(C)C)c1. The molecule has 0 aliphatic carbocycles. The summed E-state index contributed by atoms with van der Waals surface area (Å²) in [6, 6.07) is 20.6. The molecule has 0 amide bonds. The minimum absolute atomic E-state index is 0.455. The Bertz CT molecular complexity index is 1040. The van der Waals surface area contributed by atoms with Crippen LogP contribution >= 0.6 is 0 Å². The molecule has 3 aromatic rings. The molecular weight excluding hydrogens is 432 g/mol. The van der Waals surface area contributed by atoms with Gasteiger partial charge in [-0.25, -0.2) is 0 Å². The van der Waals surface area contributed by atoms with Crippen molar-refractivity contribution in [3.05, 3.63) is 81.9 Å². The second kappa shape index (κ2) is 11.4. The Morgan fingerprint density at radius 1 is 0.417 bits per heavy atom. The predicted octanol–water partition coefficient (Wildman–Crippen LogP) is 11.6. The van der Waals surface area contributed by atoms with Crippen LogP contribution in [0, 0.1) is 6.07 Å². The lowest BCUT2D eigenvalue weighted by Crippen LogP contribution is -2.05. The summed E-state index contributed by atoms with van der Waals surface area (Å²) in [5.74, 6) is 2.86. The summed E-state index contributed by atoms with van der Waals surface area (Å²) in [5, 5.41) is 0. The Labute approximate surface area is 222 Å². The molecule has 0 aliphatic heterocycles. The van der Waals surface area contributed by atoms with Crippen LogP contribution in [0.15, 0.2) is 42.5 Å². The fourth-order valence-electron chi connectivity index (χ4n) is 5.29. The highest BCUT2D eigenvalue weighted by molar-refractivity contribution is 5.80. The monoisotopic (exact) mass is 481 g/mol. The van der Waals surface area contributed by atoms with E-state index in [2.05, 4.69) is 132 Å². The lowest BCUT2D eigenvalue weighted by molar-refractivity contribution is 0.807. The van der Waals surface area contributed by atoms with Gasteiger partial charge in [-0.3, -0.25) is 0 Å². The number of rotatable bonds is 8. The van der Waals surface area contributed by atoms with E-state index in [1.165, 1.54) is 55.6 Å². The van der Waals surface area contributed by atoms with Crippen molar-refractivity contribution in [1.82, 2.24) is 0 Å². The molecule has 0 nitrogen and oxygen atoms in total. The van der Waals surface area contributed by atoms with Crippen LogP contribution in [0.3, 0.4) is 0 Å². The first-order valence-corrected chi connectivity index (χ1v) is 14.2. The predicted molar refractivity (Wildman–Crippen MR) is 161 cm³/mol. The molecule has 0 saturated heterocycles. The summed E-state index contributed by atoms with van der Waals surface area (Å²) in [5.41, 5.74) is 13.9. The number of benzene rings is 3. The molecule has 3 aromatic carbocycles. The molecule has 36 heavy (non-hydrogen) atoms. The van der Waals surface area contributed by atoms with E-state index in [1.807, 2.05) is 0 Å². The van der Waals surface area contributed by atoms with Gasteiger partial charge in [0.05, 0.1) is 0 Å². The molecule has 3 rings (SSSR count). The normalized spacial score (nSPS) is 12.3. The van der Waals surface area contributed by atoms with Crippen molar-refractivity contribution < 1.29 is 0 Å². The largest absolute Gasteiger partial charge is 0.129 e. The zero-order valence-electron chi connectivity index (χ0n) is 25.0. The van der Waals surface area contributed by atoms with Crippen molar-refractivity contribution in [3.8, 4) is 22.3 Å². The maximum Gasteiger partial charge on any atom is -0.0219 e. The fourth-order valence-corrected chi connectivity index (χ4v) is 5.29. The van der Waals surface area contributed by atoms with Crippen molar-refractivity contribution in [2.24, 2.45) is 0 Å². The first-order valence-electron chi connectivity index (χ1n) is 14.2. The Balaban J connectivity index is 2.36. The van der Waals surface area contributed by atoms with Crippen LogP contribution in [0.25, 0.3) is 22.3 Å². The molecule has 0 atom stereocenters. The van der Waals surface area contributed by atoms with Crippen LogP contribution in [0.1, 0.15) is 152 Å². The standard InChI is InChI=1S/C36H49/c1-21(2)29-17-31(23(5)6)35(32(18-29)24(7)8)27-14-13-15-28(16-27)36-33(25(9)10)19-30(22(3)4)20-34(36)26(11)12/h13-15,17-26H,1-12H3/q-1. The van der Waals surface area contributed by atoms with E-state index in [1.54, 1.807) is 0 Å². The lowest BCUT2D eigenvalue weighted by atomic mass is 9.79. The first-order chi connectivity index (χ1) is 16.8. The first kappa shape index (κ1) is 28.2. The summed E-state index contributed by atoms with van der Waals surface area (Å²) in [7, 11) is 0. The highest BCUT2D eigenvalue weighted by Gasteiger charge is 2.18. The van der Waals surface area contributed by atoms with Crippen molar-refractivity contribution >= 4 is 0 Å². The highest BCUT2D eigenvalue weighted by Crippen LogP contribution is 2.42. The third-order valence-electron chi connectivity index (χ3n) is 7.60. The minimum Gasteiger partial charge on any atom is -0.129 e. The van der Waals surface area contributed by atoms with Crippen LogP contribution in [0.4, 0.5) is 0 Å². The molecule has 0 aliphatic rings. The molecule has 0 bridgehead atoms. The van der Waals surface area contributed by atoms with Gasteiger partial charge in [0, 0.05) is 0 Å². The van der Waals surface area contributed by atoms with E-state index in [4.69, 9.17) is 0 Å². The molecule has 194 valence electrons. The van der Waals surface area contributed by atoms with E-state index in [0.29, 0.717) is 35.5 Å². The van der Waals surface area contributed by atoms with Crippen LogP contribution in [0.5, 0.6) is 0 Å². The van der Waals surface area contributed by atoms with Crippen molar-refractivity contribution in [2.45, 2.75) is 119 Å². The van der Waals surface area contributed by atoms with Gasteiger partial charge < -0.3 is 0 Å². The third kappa shape index (κ3) is 5.80. The van der Waals surface area contributed by atoms with Crippen LogP contribution in [0.2, 0.25) is 0 Å². The lowest BCUT2D eigenvalue weighted by Gasteiger charge is -2.29. The Morgan fingerprint density at radius 2 is 0.694 bits per heavy atom. The van der Waals surface area contributed by atoms with Gasteiger partial charge in [0.1, 0.15) is 0 Å². The van der Waals surface area contributed by atoms with E-state index in [-0.39, 0.29) is 0 Å². The summed E-state index contributed by atoms with van der Waals surface area (Å²) < 4.78 is 0. The molecule has 0 heteroatoms. The van der Waals surface area contributed by atoms with E-state index in [0.717, 1.165) is 0 Å². The summed E-state index contributed by atoms with van der Waals surface area (Å²) in [4.78, 5) is 0. The second-order valence-corrected chi connectivity index (χ2v) is 12.6. The molecule has 0 radical (unpaired) electrons. The van der Waals surface area contributed by atoms with Gasteiger partial charge in [0.25, 0.3) is 0 Å². The van der Waals surface area contributed by atoms with E-state index in [9.17, 15) is 0 Å². The van der Waals surface area contributed by atoms with Gasteiger partial charge in [-0.1, -0.05) is 141 Å². The van der Waals surface area contributed by atoms with Crippen LogP contribution in [-0.4, -0.2) is 0 Å². The zero-order valence-corrected chi connectivity index (χ0v) is 25.0. The average Bonchev–Trinajstić information content (AvgIpc) is 2.81. The highest BCUT2D eigenvalue weighted by atomic mass is 14.3. The molecule has 0 aromatic heterocycles. The van der Waals surface area contributed by atoms with Gasteiger partial charge in [-0.15, -0.1) is 35.4 Å². The fraction of sp³-hybridized carbons (Fsp3) is 0.500. The molecule has 0 spiro atoms. The van der Waals surface area contributed by atoms with Crippen LogP contribution < -0.4 is 0 Å². The summed E-state index contributed by atoms with van der Waals surface area (Å²) >= 11 is 0. The molecular formula is C36H49-. The molecule has 0 unspecified atom stereocenters. The maximum absolute atomic E-state index is 3.96. The van der Waals surface area contributed by atoms with Crippen molar-refractivity contribution in [1.29, 1.82) is 0 Å². The van der Waals surface area contributed by atoms with Crippen molar-refractivity contribution in [3.63, 3.8) is 0 Å². The number of hydrogen-bond acceptors (Lipinski definition) is 0. The molecule has 0 fully saturated rings. The summed E-state index contributed by atoms with van der Waals surface area (Å²) in [6.45, 7) is 27.8. The Hall–Kier alpha value is -2.34. The Morgan fingerprint density at radius 3 is 0.917 bits per heavy atom. The maximum atomic E-state index is 3.96. The van der Waals surface area contributed by atoms with Gasteiger partial charge in [-0.2, -0.15) is 0 Å². The molecule has 0 N–H and O–H groups in total. The van der Waals surface area contributed by atoms with E-state index < -0.39 is 0 Å². The topological polar surface area (TPSA) is 0 Å². The molecule has 0 saturated carbocycles.